The molecule has 1 saturated carbocycles. The van der Waals surface area contributed by atoms with Crippen molar-refractivity contribution in [2.75, 3.05) is 5.75 Å². The minimum absolute atomic E-state index is 0.0263. The Hall–Kier alpha value is -1.79. The van der Waals surface area contributed by atoms with Crippen molar-refractivity contribution < 1.29 is 4.79 Å². The smallest absolute Gasteiger partial charge is 0.262 e. The second-order valence-electron chi connectivity index (χ2n) is 7.49. The van der Waals surface area contributed by atoms with Crippen molar-refractivity contribution in [2.45, 2.75) is 50.9 Å². The Morgan fingerprint density at radius 2 is 2.21 bits per heavy atom. The number of halogens is 1. The average Bonchev–Trinajstić information content (AvgIpc) is 2.66. The molecule has 0 saturated heterocycles. The number of nitrogens with zero attached hydrogens (tertiary/aromatic N) is 2. The molecule has 3 atom stereocenters. The van der Waals surface area contributed by atoms with Gasteiger partial charge in [0.05, 0.1) is 16.7 Å². The summed E-state index contributed by atoms with van der Waals surface area (Å²) in [5, 5.41) is 4.69. The number of hydrogen-bond acceptors (Lipinski definition) is 4. The van der Waals surface area contributed by atoms with Gasteiger partial charge in [0, 0.05) is 17.6 Å². The maximum atomic E-state index is 12.8. The molecule has 3 rings (SSSR count). The van der Waals surface area contributed by atoms with Gasteiger partial charge < -0.3 is 5.32 Å². The van der Waals surface area contributed by atoms with Crippen molar-refractivity contribution in [2.24, 2.45) is 11.8 Å². The molecule has 1 aliphatic carbocycles. The van der Waals surface area contributed by atoms with Gasteiger partial charge in [0.25, 0.3) is 5.56 Å². The summed E-state index contributed by atoms with van der Waals surface area (Å²) in [4.78, 5) is 29.9. The molecule has 1 aliphatic rings. The molecule has 1 fully saturated rings. The van der Waals surface area contributed by atoms with Crippen LogP contribution in [0.3, 0.4) is 0 Å². The Balaban J connectivity index is 1.77. The van der Waals surface area contributed by atoms with E-state index in [2.05, 4.69) is 30.7 Å². The first kappa shape index (κ1) is 20.9. The van der Waals surface area contributed by atoms with E-state index in [1.165, 1.54) is 18.2 Å². The molecule has 1 heterocycles. The molecule has 1 amide bonds. The van der Waals surface area contributed by atoms with E-state index in [0.29, 0.717) is 39.5 Å². The predicted octanol–water partition coefficient (Wildman–Crippen LogP) is 4.27. The standard InChI is InChI=1S/C21H26ClN3O2S/c1-4-10-25-20(27)16-9-8-15(22)11-18(16)24-21(25)28-12-19(26)23-17-7-5-6-13(2)14(17)3/h4,8-9,11,13-14,17H,1,5-7,10,12H2,2-3H3,(H,23,26). The summed E-state index contributed by atoms with van der Waals surface area (Å²) < 4.78 is 1.55. The molecule has 0 radical (unpaired) electrons. The maximum absolute atomic E-state index is 12.8. The molecular weight excluding hydrogens is 394 g/mol. The largest absolute Gasteiger partial charge is 0.352 e. The van der Waals surface area contributed by atoms with E-state index in [1.54, 1.807) is 28.8 Å². The second-order valence-corrected chi connectivity index (χ2v) is 8.87. The van der Waals surface area contributed by atoms with E-state index in [4.69, 9.17) is 11.6 Å². The van der Waals surface area contributed by atoms with Gasteiger partial charge in [-0.3, -0.25) is 14.2 Å². The van der Waals surface area contributed by atoms with Crippen LogP contribution in [0.5, 0.6) is 0 Å². The number of aromatic nitrogens is 2. The Morgan fingerprint density at radius 1 is 1.43 bits per heavy atom. The van der Waals surface area contributed by atoms with Crippen molar-refractivity contribution in [1.82, 2.24) is 14.9 Å². The van der Waals surface area contributed by atoms with E-state index in [0.717, 1.165) is 12.8 Å². The molecule has 7 heteroatoms. The fraction of sp³-hybridized carbons (Fsp3) is 0.476. The van der Waals surface area contributed by atoms with Gasteiger partial charge >= 0.3 is 0 Å². The molecular formula is C21H26ClN3O2S. The number of carbonyl (C=O) groups is 1. The lowest BCUT2D eigenvalue weighted by Gasteiger charge is -2.34. The van der Waals surface area contributed by atoms with Crippen LogP contribution in [-0.4, -0.2) is 27.3 Å². The normalized spacial score (nSPS) is 22.2. The highest BCUT2D eigenvalue weighted by atomic mass is 35.5. The van der Waals surface area contributed by atoms with Crippen LogP contribution < -0.4 is 10.9 Å². The van der Waals surface area contributed by atoms with E-state index in [9.17, 15) is 9.59 Å². The fourth-order valence-corrected chi connectivity index (χ4v) is 4.72. The van der Waals surface area contributed by atoms with Crippen LogP contribution in [0.15, 0.2) is 40.8 Å². The highest BCUT2D eigenvalue weighted by Crippen LogP contribution is 2.29. The van der Waals surface area contributed by atoms with Gasteiger partial charge in [0.15, 0.2) is 5.16 Å². The van der Waals surface area contributed by atoms with Crippen LogP contribution in [0.4, 0.5) is 0 Å². The first-order valence-electron chi connectivity index (χ1n) is 9.64. The SMILES string of the molecule is C=CCn1c(SCC(=O)NC2CCCC(C)C2C)nc2cc(Cl)ccc2c1=O. The zero-order chi connectivity index (χ0) is 20.3. The van der Waals surface area contributed by atoms with Gasteiger partial charge in [-0.2, -0.15) is 0 Å². The average molecular weight is 420 g/mol. The third kappa shape index (κ3) is 4.61. The lowest BCUT2D eigenvalue weighted by atomic mass is 9.78. The predicted molar refractivity (Wildman–Crippen MR) is 116 cm³/mol. The number of carbonyl (C=O) groups excluding carboxylic acids is 1. The number of benzene rings is 1. The molecule has 3 unspecified atom stereocenters. The van der Waals surface area contributed by atoms with E-state index in [-0.39, 0.29) is 23.3 Å². The zero-order valence-electron chi connectivity index (χ0n) is 16.3. The number of hydrogen-bond donors (Lipinski definition) is 1. The first-order valence-corrected chi connectivity index (χ1v) is 11.0. The molecule has 0 spiro atoms. The minimum atomic E-state index is -0.154. The molecule has 150 valence electrons. The lowest BCUT2D eigenvalue weighted by Crippen LogP contribution is -2.44. The van der Waals surface area contributed by atoms with Gasteiger partial charge in [0.2, 0.25) is 5.91 Å². The van der Waals surface area contributed by atoms with E-state index < -0.39 is 0 Å². The number of rotatable bonds is 6. The Morgan fingerprint density at radius 3 is 2.96 bits per heavy atom. The van der Waals surface area contributed by atoms with Crippen LogP contribution in [0.2, 0.25) is 5.02 Å². The van der Waals surface area contributed by atoms with E-state index in [1.807, 2.05) is 0 Å². The number of fused-ring (bicyclic) bond motifs is 1. The third-order valence-corrected chi connectivity index (χ3v) is 6.79. The molecule has 1 aromatic heterocycles. The number of amides is 1. The highest BCUT2D eigenvalue weighted by Gasteiger charge is 2.28. The summed E-state index contributed by atoms with van der Waals surface area (Å²) in [5.41, 5.74) is 0.384. The Bertz CT molecular complexity index is 943. The highest BCUT2D eigenvalue weighted by molar-refractivity contribution is 7.99. The van der Waals surface area contributed by atoms with Crippen molar-refractivity contribution in [1.29, 1.82) is 0 Å². The van der Waals surface area contributed by atoms with Crippen molar-refractivity contribution >= 4 is 40.2 Å². The minimum Gasteiger partial charge on any atom is -0.352 e. The van der Waals surface area contributed by atoms with Gasteiger partial charge in [0.1, 0.15) is 0 Å². The first-order chi connectivity index (χ1) is 13.4. The molecule has 2 aromatic rings. The van der Waals surface area contributed by atoms with E-state index >= 15 is 0 Å². The van der Waals surface area contributed by atoms with Crippen molar-refractivity contribution in [3.8, 4) is 0 Å². The monoisotopic (exact) mass is 419 g/mol. The second kappa shape index (κ2) is 9.14. The third-order valence-electron chi connectivity index (χ3n) is 5.58. The van der Waals surface area contributed by atoms with Gasteiger partial charge in [-0.1, -0.05) is 56.1 Å². The van der Waals surface area contributed by atoms with Crippen molar-refractivity contribution in [3.63, 3.8) is 0 Å². The van der Waals surface area contributed by atoms with Gasteiger partial charge in [-0.25, -0.2) is 4.98 Å². The molecule has 1 N–H and O–H groups in total. The summed E-state index contributed by atoms with van der Waals surface area (Å²) in [6.45, 7) is 8.51. The van der Waals surface area contributed by atoms with Crippen LogP contribution in [0.1, 0.15) is 33.1 Å². The Labute approximate surface area is 174 Å². The van der Waals surface area contributed by atoms with Gasteiger partial charge in [-0.15, -0.1) is 6.58 Å². The van der Waals surface area contributed by atoms with Crippen LogP contribution in [0, 0.1) is 11.8 Å². The van der Waals surface area contributed by atoms with Gasteiger partial charge in [-0.05, 0) is 36.5 Å². The van der Waals surface area contributed by atoms with Crippen molar-refractivity contribution in [3.05, 3.63) is 46.2 Å². The summed E-state index contributed by atoms with van der Waals surface area (Å²) in [6.07, 6.45) is 5.05. The molecule has 1 aromatic carbocycles. The fourth-order valence-electron chi connectivity index (χ4n) is 3.74. The number of nitrogens with one attached hydrogen (secondary N) is 1. The number of allylic oxidation sites excluding steroid dienone is 1. The molecule has 0 bridgehead atoms. The topological polar surface area (TPSA) is 64.0 Å². The van der Waals surface area contributed by atoms with Crippen LogP contribution >= 0.6 is 23.4 Å². The summed E-state index contributed by atoms with van der Waals surface area (Å²) in [7, 11) is 0. The Kier molecular flexibility index (Phi) is 6.83. The van der Waals surface area contributed by atoms with Crippen LogP contribution in [-0.2, 0) is 11.3 Å². The zero-order valence-corrected chi connectivity index (χ0v) is 17.9. The quantitative estimate of drug-likeness (QED) is 0.431. The summed E-state index contributed by atoms with van der Waals surface area (Å²) in [5.74, 6) is 1.29. The molecule has 5 nitrogen and oxygen atoms in total. The summed E-state index contributed by atoms with van der Waals surface area (Å²) >= 11 is 7.32. The molecule has 28 heavy (non-hydrogen) atoms. The number of thioether (sulfide) groups is 1. The summed E-state index contributed by atoms with van der Waals surface area (Å²) in [6, 6.07) is 5.25. The molecule has 0 aliphatic heterocycles. The lowest BCUT2D eigenvalue weighted by molar-refractivity contribution is -0.120. The maximum Gasteiger partial charge on any atom is 0.262 e. The van der Waals surface area contributed by atoms with Crippen LogP contribution in [0.25, 0.3) is 10.9 Å².